The van der Waals surface area contributed by atoms with Crippen molar-refractivity contribution < 1.29 is 22.8 Å². The van der Waals surface area contributed by atoms with Crippen LogP contribution in [0.15, 0.2) is 24.3 Å². The summed E-state index contributed by atoms with van der Waals surface area (Å²) in [6.07, 6.45) is -0.820. The molecule has 1 saturated carbocycles. The Morgan fingerprint density at radius 3 is 2.59 bits per heavy atom. The summed E-state index contributed by atoms with van der Waals surface area (Å²) in [5, 5.41) is 0. The monoisotopic (exact) mass is 318 g/mol. The molecular weight excluding hydrogens is 297 g/mol. The molecular formula is C15H21F3N2O2. The zero-order chi connectivity index (χ0) is 16.2. The molecule has 7 heteroatoms. The Bertz CT molecular complexity index is 486. The van der Waals surface area contributed by atoms with Gasteiger partial charge in [-0.3, -0.25) is 4.84 Å². The van der Waals surface area contributed by atoms with E-state index in [1.165, 1.54) is 12.1 Å². The average molecular weight is 318 g/mol. The Kier molecular flexibility index (Phi) is 5.31. The van der Waals surface area contributed by atoms with Crippen molar-refractivity contribution in [3.63, 3.8) is 0 Å². The molecule has 1 fully saturated rings. The summed E-state index contributed by atoms with van der Waals surface area (Å²) in [6.45, 7) is 2.80. The van der Waals surface area contributed by atoms with E-state index in [1.807, 2.05) is 0 Å². The number of nitrogens with one attached hydrogen (secondary N) is 1. The molecule has 124 valence electrons. The topological polar surface area (TPSA) is 56.5 Å². The fourth-order valence-electron chi connectivity index (χ4n) is 2.49. The zero-order valence-electron chi connectivity index (χ0n) is 12.5. The first-order valence-corrected chi connectivity index (χ1v) is 7.27. The van der Waals surface area contributed by atoms with E-state index < -0.39 is 11.7 Å². The number of halogens is 3. The highest BCUT2D eigenvalue weighted by Gasteiger charge is 2.31. The lowest BCUT2D eigenvalue weighted by atomic mass is 9.75. The van der Waals surface area contributed by atoms with Gasteiger partial charge in [0.2, 0.25) is 0 Å². The van der Waals surface area contributed by atoms with Crippen molar-refractivity contribution in [1.82, 2.24) is 5.64 Å². The van der Waals surface area contributed by atoms with Crippen molar-refractivity contribution in [2.24, 2.45) is 11.1 Å². The molecule has 0 aromatic heterocycles. The number of nitrogens with two attached hydrogens (primary N) is 1. The number of rotatable bonds is 5. The van der Waals surface area contributed by atoms with Gasteiger partial charge in [-0.2, -0.15) is 13.2 Å². The molecule has 1 aliphatic rings. The number of alkyl halides is 3. The van der Waals surface area contributed by atoms with Gasteiger partial charge in [-0.25, -0.2) is 0 Å². The van der Waals surface area contributed by atoms with E-state index in [0.29, 0.717) is 6.54 Å². The van der Waals surface area contributed by atoms with Gasteiger partial charge in [0.1, 0.15) is 0 Å². The fraction of sp³-hybridized carbons (Fsp3) is 0.600. The molecule has 0 saturated heterocycles. The normalized spacial score (nSPS) is 26.0. The van der Waals surface area contributed by atoms with Gasteiger partial charge in [0.25, 0.3) is 0 Å². The lowest BCUT2D eigenvalue weighted by Crippen LogP contribution is -2.37. The highest BCUT2D eigenvalue weighted by Crippen LogP contribution is 2.35. The van der Waals surface area contributed by atoms with Gasteiger partial charge < -0.3 is 10.6 Å². The van der Waals surface area contributed by atoms with Gasteiger partial charge in [0.05, 0.1) is 11.7 Å². The maximum Gasteiger partial charge on any atom is 0.416 e. The van der Waals surface area contributed by atoms with Crippen LogP contribution in [-0.2, 0) is 11.0 Å². The molecule has 0 atom stereocenters. The summed E-state index contributed by atoms with van der Waals surface area (Å²) in [6, 6.07) is 4.62. The van der Waals surface area contributed by atoms with Crippen LogP contribution in [0.3, 0.4) is 0 Å². The SMILES string of the molecule is CC1(CN)CCC(ONOc2cccc(C(F)(F)F)c2)CC1. The van der Waals surface area contributed by atoms with Crippen LogP contribution in [0, 0.1) is 5.41 Å². The molecule has 0 bridgehead atoms. The Morgan fingerprint density at radius 1 is 1.32 bits per heavy atom. The summed E-state index contributed by atoms with van der Waals surface area (Å²) in [5.74, 6) is 0.0532. The van der Waals surface area contributed by atoms with Crippen LogP contribution in [0.1, 0.15) is 38.2 Å². The molecule has 0 heterocycles. The Hall–Kier alpha value is -1.31. The van der Waals surface area contributed by atoms with Crippen molar-refractivity contribution in [2.75, 3.05) is 6.54 Å². The van der Waals surface area contributed by atoms with Crippen molar-refractivity contribution in [3.05, 3.63) is 29.8 Å². The van der Waals surface area contributed by atoms with Gasteiger partial charge in [-0.15, -0.1) is 0 Å². The molecule has 0 amide bonds. The van der Waals surface area contributed by atoms with E-state index in [4.69, 9.17) is 15.4 Å². The molecule has 4 nitrogen and oxygen atoms in total. The van der Waals surface area contributed by atoms with Gasteiger partial charge in [-0.05, 0) is 61.5 Å². The molecule has 0 spiro atoms. The summed E-state index contributed by atoms with van der Waals surface area (Å²) < 4.78 is 37.7. The van der Waals surface area contributed by atoms with E-state index in [2.05, 4.69) is 12.6 Å². The molecule has 1 aliphatic carbocycles. The molecule has 1 aromatic carbocycles. The Morgan fingerprint density at radius 2 is 2.00 bits per heavy atom. The van der Waals surface area contributed by atoms with Gasteiger partial charge in [0, 0.05) is 0 Å². The molecule has 0 aliphatic heterocycles. The molecule has 3 N–H and O–H groups in total. The van der Waals surface area contributed by atoms with E-state index in [-0.39, 0.29) is 17.3 Å². The second-order valence-electron chi connectivity index (χ2n) is 6.04. The van der Waals surface area contributed by atoms with E-state index in [0.717, 1.165) is 37.8 Å². The van der Waals surface area contributed by atoms with Gasteiger partial charge >= 0.3 is 6.18 Å². The largest absolute Gasteiger partial charge is 0.416 e. The fourth-order valence-corrected chi connectivity index (χ4v) is 2.49. The second kappa shape index (κ2) is 6.85. The minimum absolute atomic E-state index is 0.0228. The van der Waals surface area contributed by atoms with Crippen molar-refractivity contribution in [1.29, 1.82) is 0 Å². The van der Waals surface area contributed by atoms with Crippen LogP contribution in [0.4, 0.5) is 13.2 Å². The first-order valence-electron chi connectivity index (χ1n) is 7.27. The highest BCUT2D eigenvalue weighted by atomic mass is 19.4. The van der Waals surface area contributed by atoms with Crippen molar-refractivity contribution in [3.8, 4) is 5.75 Å². The smallest absolute Gasteiger partial charge is 0.383 e. The van der Waals surface area contributed by atoms with Crippen LogP contribution in [0.5, 0.6) is 5.75 Å². The number of benzene rings is 1. The van der Waals surface area contributed by atoms with Gasteiger partial charge in [0.15, 0.2) is 5.75 Å². The molecule has 22 heavy (non-hydrogen) atoms. The quantitative estimate of drug-likeness (QED) is 0.817. The Labute approximate surface area is 127 Å². The lowest BCUT2D eigenvalue weighted by Gasteiger charge is -2.35. The van der Waals surface area contributed by atoms with E-state index in [9.17, 15) is 13.2 Å². The summed E-state index contributed by atoms with van der Waals surface area (Å²) >= 11 is 0. The standard InChI is InChI=1S/C15H21F3N2O2/c1-14(10-19)7-5-12(6-8-14)21-20-22-13-4-2-3-11(9-13)15(16,17)18/h2-4,9,12,20H,5-8,10,19H2,1H3. The van der Waals surface area contributed by atoms with Crippen molar-refractivity contribution in [2.45, 2.75) is 44.9 Å². The van der Waals surface area contributed by atoms with Crippen LogP contribution >= 0.6 is 0 Å². The van der Waals surface area contributed by atoms with Gasteiger partial charge in [-0.1, -0.05) is 13.0 Å². The molecule has 2 rings (SSSR count). The van der Waals surface area contributed by atoms with Crippen LogP contribution in [0.2, 0.25) is 0 Å². The molecule has 1 aromatic rings. The van der Waals surface area contributed by atoms with E-state index >= 15 is 0 Å². The summed E-state index contributed by atoms with van der Waals surface area (Å²) in [5.41, 5.74) is 7.43. The minimum atomic E-state index is -4.39. The second-order valence-corrected chi connectivity index (χ2v) is 6.04. The number of hydrogen-bond acceptors (Lipinski definition) is 4. The first kappa shape index (κ1) is 17.1. The average Bonchev–Trinajstić information content (AvgIpc) is 2.49. The predicted molar refractivity (Wildman–Crippen MR) is 75.7 cm³/mol. The Balaban J connectivity index is 1.78. The third-order valence-electron chi connectivity index (χ3n) is 4.17. The highest BCUT2D eigenvalue weighted by molar-refractivity contribution is 5.29. The van der Waals surface area contributed by atoms with Crippen LogP contribution < -0.4 is 16.2 Å². The molecule has 0 unspecified atom stereocenters. The third-order valence-corrected chi connectivity index (χ3v) is 4.17. The maximum atomic E-state index is 12.6. The maximum absolute atomic E-state index is 12.6. The minimum Gasteiger partial charge on any atom is -0.383 e. The zero-order valence-corrected chi connectivity index (χ0v) is 12.5. The summed E-state index contributed by atoms with van der Waals surface area (Å²) in [7, 11) is 0. The third kappa shape index (κ3) is 4.59. The van der Waals surface area contributed by atoms with E-state index in [1.54, 1.807) is 0 Å². The number of hydrogen-bond donors (Lipinski definition) is 2. The summed E-state index contributed by atoms with van der Waals surface area (Å²) in [4.78, 5) is 10.4. The van der Waals surface area contributed by atoms with Crippen molar-refractivity contribution >= 4 is 0 Å². The first-order chi connectivity index (χ1) is 10.3. The van der Waals surface area contributed by atoms with Crippen LogP contribution in [-0.4, -0.2) is 12.6 Å². The predicted octanol–water partition coefficient (Wildman–Crippen LogP) is 3.43. The lowest BCUT2D eigenvalue weighted by molar-refractivity contribution is -0.159. The molecule has 0 radical (unpaired) electrons. The van der Waals surface area contributed by atoms with Crippen LogP contribution in [0.25, 0.3) is 0 Å².